The van der Waals surface area contributed by atoms with Crippen molar-refractivity contribution in [3.8, 4) is 0 Å². The van der Waals surface area contributed by atoms with Crippen LogP contribution in [0, 0.1) is 0 Å². The van der Waals surface area contributed by atoms with Crippen molar-refractivity contribution in [1.82, 2.24) is 29.9 Å². The summed E-state index contributed by atoms with van der Waals surface area (Å²) in [6.45, 7) is 0.960. The Labute approximate surface area is 98.1 Å². The van der Waals surface area contributed by atoms with Gasteiger partial charge in [0.15, 0.2) is 0 Å². The number of aromatic nitrogens is 5. The summed E-state index contributed by atoms with van der Waals surface area (Å²) in [6, 6.07) is 0. The van der Waals surface area contributed by atoms with E-state index in [1.54, 1.807) is 17.1 Å². The first-order chi connectivity index (χ1) is 8.18. The molecule has 2 rings (SSSR count). The van der Waals surface area contributed by atoms with Crippen molar-refractivity contribution in [2.24, 2.45) is 0 Å². The van der Waals surface area contributed by atoms with Gasteiger partial charge in [0.2, 0.25) is 10.0 Å². The van der Waals surface area contributed by atoms with E-state index in [-0.39, 0.29) is 4.90 Å². The van der Waals surface area contributed by atoms with Crippen molar-refractivity contribution < 1.29 is 8.42 Å². The van der Waals surface area contributed by atoms with Gasteiger partial charge in [-0.3, -0.25) is 9.78 Å². The smallest absolute Gasteiger partial charge is 0.243 e. The lowest BCUT2D eigenvalue weighted by Gasteiger charge is -2.04. The Hall–Kier alpha value is -1.74. The SMILES string of the molecule is O=S(=O)(NCCCn1ccnn1)c1cn[nH]c1. The third kappa shape index (κ3) is 3.11. The Balaban J connectivity index is 1.79. The van der Waals surface area contributed by atoms with Crippen LogP contribution in [0.5, 0.6) is 0 Å². The van der Waals surface area contributed by atoms with E-state index in [1.165, 1.54) is 12.4 Å². The molecule has 0 aliphatic heterocycles. The first-order valence-electron chi connectivity index (χ1n) is 5.01. The van der Waals surface area contributed by atoms with E-state index in [4.69, 9.17) is 0 Å². The summed E-state index contributed by atoms with van der Waals surface area (Å²) in [7, 11) is -3.45. The zero-order valence-electron chi connectivity index (χ0n) is 8.94. The van der Waals surface area contributed by atoms with E-state index in [0.29, 0.717) is 19.5 Å². The zero-order valence-corrected chi connectivity index (χ0v) is 9.76. The zero-order chi connectivity index (χ0) is 12.1. The number of aryl methyl sites for hydroxylation is 1. The van der Waals surface area contributed by atoms with E-state index in [1.807, 2.05) is 0 Å². The van der Waals surface area contributed by atoms with Gasteiger partial charge in [-0.2, -0.15) is 5.10 Å². The molecule has 0 fully saturated rings. The molecule has 2 aromatic rings. The van der Waals surface area contributed by atoms with Gasteiger partial charge in [0, 0.05) is 25.5 Å². The van der Waals surface area contributed by atoms with E-state index in [9.17, 15) is 8.42 Å². The lowest BCUT2D eigenvalue weighted by atomic mass is 10.4. The second-order valence-electron chi connectivity index (χ2n) is 3.35. The quantitative estimate of drug-likeness (QED) is 0.669. The Morgan fingerprint density at radius 3 is 3.00 bits per heavy atom. The van der Waals surface area contributed by atoms with Crippen molar-refractivity contribution in [3.05, 3.63) is 24.8 Å². The van der Waals surface area contributed by atoms with Gasteiger partial charge in [-0.15, -0.1) is 5.10 Å². The number of hydrogen-bond donors (Lipinski definition) is 2. The highest BCUT2D eigenvalue weighted by molar-refractivity contribution is 7.89. The normalized spacial score (nSPS) is 11.8. The molecular formula is C8H12N6O2S. The minimum Gasteiger partial charge on any atom is -0.284 e. The molecule has 2 aromatic heterocycles. The molecule has 9 heteroatoms. The third-order valence-corrected chi connectivity index (χ3v) is 3.54. The Kier molecular flexibility index (Phi) is 3.49. The predicted molar refractivity (Wildman–Crippen MR) is 58.4 cm³/mol. The monoisotopic (exact) mass is 256 g/mol. The van der Waals surface area contributed by atoms with Crippen molar-refractivity contribution in [1.29, 1.82) is 0 Å². The van der Waals surface area contributed by atoms with E-state index < -0.39 is 10.0 Å². The van der Waals surface area contributed by atoms with Gasteiger partial charge in [0.05, 0.1) is 12.4 Å². The molecule has 0 atom stereocenters. The molecule has 2 heterocycles. The van der Waals surface area contributed by atoms with E-state index >= 15 is 0 Å². The predicted octanol–water partition coefficient (Wildman–Crippen LogP) is -0.630. The number of rotatable bonds is 6. The molecule has 0 amide bonds. The molecule has 2 N–H and O–H groups in total. The Bertz CT molecular complexity index is 533. The van der Waals surface area contributed by atoms with Crippen LogP contribution in [-0.2, 0) is 16.6 Å². The van der Waals surface area contributed by atoms with Crippen molar-refractivity contribution in [2.45, 2.75) is 17.9 Å². The molecule has 0 unspecified atom stereocenters. The minimum atomic E-state index is -3.45. The van der Waals surface area contributed by atoms with Crippen molar-refractivity contribution in [2.75, 3.05) is 6.54 Å². The molecule has 8 nitrogen and oxygen atoms in total. The first-order valence-corrected chi connectivity index (χ1v) is 6.49. The van der Waals surface area contributed by atoms with Gasteiger partial charge in [-0.1, -0.05) is 5.21 Å². The fourth-order valence-corrected chi connectivity index (χ4v) is 2.25. The highest BCUT2D eigenvalue weighted by atomic mass is 32.2. The Morgan fingerprint density at radius 2 is 2.35 bits per heavy atom. The maximum Gasteiger partial charge on any atom is 0.243 e. The molecule has 92 valence electrons. The molecule has 0 radical (unpaired) electrons. The molecule has 0 saturated carbocycles. The first kappa shape index (κ1) is 11.7. The standard InChI is InChI=1S/C8H12N6O2S/c15-17(16,8-6-10-11-7-8)12-2-1-4-14-5-3-9-13-14/h3,5-7,12H,1-2,4H2,(H,10,11). The molecule has 0 aliphatic rings. The fraction of sp³-hybridized carbons (Fsp3) is 0.375. The summed E-state index contributed by atoms with van der Waals surface area (Å²) in [6.07, 6.45) is 6.54. The second kappa shape index (κ2) is 5.06. The molecule has 0 spiro atoms. The summed E-state index contributed by atoms with van der Waals surface area (Å²) >= 11 is 0. The largest absolute Gasteiger partial charge is 0.284 e. The van der Waals surface area contributed by atoms with Gasteiger partial charge in [-0.05, 0) is 6.42 Å². The van der Waals surface area contributed by atoms with Crippen LogP contribution in [0.25, 0.3) is 0 Å². The van der Waals surface area contributed by atoms with Crippen LogP contribution >= 0.6 is 0 Å². The number of sulfonamides is 1. The van der Waals surface area contributed by atoms with Crippen molar-refractivity contribution >= 4 is 10.0 Å². The van der Waals surface area contributed by atoms with E-state index in [2.05, 4.69) is 25.2 Å². The molecule has 17 heavy (non-hydrogen) atoms. The summed E-state index contributed by atoms with van der Waals surface area (Å²) in [5.74, 6) is 0. The van der Waals surface area contributed by atoms with Gasteiger partial charge in [-0.25, -0.2) is 13.1 Å². The highest BCUT2D eigenvalue weighted by Gasteiger charge is 2.13. The van der Waals surface area contributed by atoms with Crippen LogP contribution in [0.15, 0.2) is 29.7 Å². The fourth-order valence-electron chi connectivity index (χ4n) is 1.27. The van der Waals surface area contributed by atoms with Gasteiger partial charge < -0.3 is 0 Å². The summed E-state index contributed by atoms with van der Waals surface area (Å²) < 4.78 is 27.4. The topological polar surface area (TPSA) is 106 Å². The molecule has 0 aromatic carbocycles. The maximum atomic E-state index is 11.6. The summed E-state index contributed by atoms with van der Waals surface area (Å²) in [5.41, 5.74) is 0. The number of H-pyrrole nitrogens is 1. The van der Waals surface area contributed by atoms with Crippen LogP contribution in [-0.4, -0.2) is 40.2 Å². The number of nitrogens with one attached hydrogen (secondary N) is 2. The maximum absolute atomic E-state index is 11.6. The molecule has 0 bridgehead atoms. The van der Waals surface area contributed by atoms with E-state index in [0.717, 1.165) is 0 Å². The number of hydrogen-bond acceptors (Lipinski definition) is 5. The van der Waals surface area contributed by atoms with Gasteiger partial charge >= 0.3 is 0 Å². The van der Waals surface area contributed by atoms with Crippen LogP contribution < -0.4 is 4.72 Å². The lowest BCUT2D eigenvalue weighted by molar-refractivity contribution is 0.542. The molecule has 0 aliphatic carbocycles. The minimum absolute atomic E-state index is 0.137. The highest BCUT2D eigenvalue weighted by Crippen LogP contribution is 2.03. The number of aromatic amines is 1. The average molecular weight is 256 g/mol. The van der Waals surface area contributed by atoms with Gasteiger partial charge in [0.1, 0.15) is 4.90 Å². The van der Waals surface area contributed by atoms with Crippen LogP contribution in [0.3, 0.4) is 0 Å². The van der Waals surface area contributed by atoms with Gasteiger partial charge in [0.25, 0.3) is 0 Å². The lowest BCUT2D eigenvalue weighted by Crippen LogP contribution is -2.25. The number of nitrogens with zero attached hydrogens (tertiary/aromatic N) is 4. The molecular weight excluding hydrogens is 244 g/mol. The van der Waals surface area contributed by atoms with Crippen LogP contribution in [0.2, 0.25) is 0 Å². The van der Waals surface area contributed by atoms with Crippen LogP contribution in [0.1, 0.15) is 6.42 Å². The summed E-state index contributed by atoms with van der Waals surface area (Å²) in [5, 5.41) is 13.5. The average Bonchev–Trinajstić information content (AvgIpc) is 2.97. The van der Waals surface area contributed by atoms with Crippen LogP contribution in [0.4, 0.5) is 0 Å². The molecule has 0 saturated heterocycles. The second-order valence-corrected chi connectivity index (χ2v) is 5.12. The Morgan fingerprint density at radius 1 is 1.47 bits per heavy atom. The summed E-state index contributed by atoms with van der Waals surface area (Å²) in [4.78, 5) is 0.137. The third-order valence-electron chi connectivity index (χ3n) is 2.11. The van der Waals surface area contributed by atoms with Crippen molar-refractivity contribution in [3.63, 3.8) is 0 Å².